The number of aliphatic hydroxyl groups excluding tert-OH is 1. The number of hydrogen-bond donors (Lipinski definition) is 3. The number of rotatable bonds is 3. The summed E-state index contributed by atoms with van der Waals surface area (Å²) in [6, 6.07) is 3.70. The van der Waals surface area contributed by atoms with Crippen LogP contribution in [0.4, 0.5) is 4.39 Å². The molecule has 0 unspecified atom stereocenters. The van der Waals surface area contributed by atoms with Crippen molar-refractivity contribution >= 4 is 5.97 Å². The first-order valence-electron chi connectivity index (χ1n) is 6.39. The summed E-state index contributed by atoms with van der Waals surface area (Å²) < 4.78 is 12.7. The normalized spacial score (nSPS) is 12.3. The second-order valence-electron chi connectivity index (χ2n) is 5.84. The van der Waals surface area contributed by atoms with Crippen LogP contribution in [0.2, 0.25) is 0 Å². The molecule has 0 spiro atoms. The Balaban J connectivity index is 0.000000796. The third kappa shape index (κ3) is 8.48. The standard InChI is InChI=1S/C13H19FO2.C2H4O2/c1-13(2,3)7-6-11(15)10-5-4-9(14)8-12(10)16;1-2(3)4/h4-5,8,11,15-16H,6-7H2,1-3H3;1H3,(H,3,4)/t11-;/m0./s1. The Morgan fingerprint density at radius 3 is 2.25 bits per heavy atom. The third-order valence-corrected chi connectivity index (χ3v) is 2.52. The maximum absolute atomic E-state index is 12.7. The minimum Gasteiger partial charge on any atom is -0.507 e. The molecule has 0 heterocycles. The van der Waals surface area contributed by atoms with E-state index >= 15 is 0 Å². The van der Waals surface area contributed by atoms with Crippen molar-refractivity contribution in [1.82, 2.24) is 0 Å². The van der Waals surface area contributed by atoms with Crippen molar-refractivity contribution in [3.05, 3.63) is 29.6 Å². The third-order valence-electron chi connectivity index (χ3n) is 2.52. The second-order valence-corrected chi connectivity index (χ2v) is 5.84. The predicted octanol–water partition coefficient (Wildman–Crippen LogP) is 3.48. The molecule has 1 atom stereocenters. The van der Waals surface area contributed by atoms with Gasteiger partial charge in [-0.05, 0) is 30.4 Å². The molecule has 1 rings (SSSR count). The van der Waals surface area contributed by atoms with E-state index in [0.717, 1.165) is 19.4 Å². The van der Waals surface area contributed by atoms with Crippen LogP contribution in [0.15, 0.2) is 18.2 Å². The summed E-state index contributed by atoms with van der Waals surface area (Å²) in [5.74, 6) is -1.51. The highest BCUT2D eigenvalue weighted by Crippen LogP contribution is 2.31. The van der Waals surface area contributed by atoms with E-state index in [1.165, 1.54) is 12.1 Å². The Morgan fingerprint density at radius 1 is 1.35 bits per heavy atom. The molecule has 0 fully saturated rings. The predicted molar refractivity (Wildman–Crippen MR) is 75.0 cm³/mol. The first-order chi connectivity index (χ1) is 9.03. The molecule has 114 valence electrons. The van der Waals surface area contributed by atoms with E-state index in [4.69, 9.17) is 9.90 Å². The molecule has 0 bridgehead atoms. The van der Waals surface area contributed by atoms with Gasteiger partial charge < -0.3 is 15.3 Å². The fraction of sp³-hybridized carbons (Fsp3) is 0.533. The molecular weight excluding hydrogens is 263 g/mol. The number of carboxylic acids is 1. The zero-order valence-corrected chi connectivity index (χ0v) is 12.4. The van der Waals surface area contributed by atoms with Gasteiger partial charge in [0.25, 0.3) is 5.97 Å². The fourth-order valence-corrected chi connectivity index (χ4v) is 1.52. The SMILES string of the molecule is CC(=O)O.CC(C)(C)CC[C@H](O)c1ccc(F)cc1O. The van der Waals surface area contributed by atoms with E-state index in [2.05, 4.69) is 20.8 Å². The number of benzene rings is 1. The topological polar surface area (TPSA) is 77.8 Å². The summed E-state index contributed by atoms with van der Waals surface area (Å²) in [5.41, 5.74) is 0.530. The van der Waals surface area contributed by atoms with Crippen molar-refractivity contribution in [2.75, 3.05) is 0 Å². The van der Waals surface area contributed by atoms with Gasteiger partial charge in [-0.15, -0.1) is 0 Å². The average molecular weight is 286 g/mol. The van der Waals surface area contributed by atoms with Crippen molar-refractivity contribution in [3.8, 4) is 5.75 Å². The Labute approximate surface area is 118 Å². The van der Waals surface area contributed by atoms with Gasteiger partial charge in [-0.25, -0.2) is 4.39 Å². The van der Waals surface area contributed by atoms with E-state index in [9.17, 15) is 14.6 Å². The van der Waals surface area contributed by atoms with Crippen molar-refractivity contribution in [3.63, 3.8) is 0 Å². The van der Waals surface area contributed by atoms with Crippen LogP contribution in [-0.4, -0.2) is 21.3 Å². The van der Waals surface area contributed by atoms with E-state index in [1.807, 2.05) is 0 Å². The minimum absolute atomic E-state index is 0.136. The molecule has 0 amide bonds. The molecule has 1 aromatic rings. The Morgan fingerprint density at radius 2 is 1.85 bits per heavy atom. The van der Waals surface area contributed by atoms with Gasteiger partial charge in [-0.2, -0.15) is 0 Å². The highest BCUT2D eigenvalue weighted by Gasteiger charge is 2.17. The summed E-state index contributed by atoms with van der Waals surface area (Å²) in [4.78, 5) is 9.00. The smallest absolute Gasteiger partial charge is 0.300 e. The molecule has 0 radical (unpaired) electrons. The summed E-state index contributed by atoms with van der Waals surface area (Å²) in [6.07, 6.45) is 0.660. The maximum atomic E-state index is 12.7. The monoisotopic (exact) mass is 286 g/mol. The Bertz CT molecular complexity index is 434. The lowest BCUT2D eigenvalue weighted by molar-refractivity contribution is -0.134. The zero-order valence-electron chi connectivity index (χ0n) is 12.4. The molecule has 0 aliphatic heterocycles. The molecule has 20 heavy (non-hydrogen) atoms. The summed E-state index contributed by atoms with van der Waals surface area (Å²) >= 11 is 0. The van der Waals surface area contributed by atoms with Crippen LogP contribution in [0.5, 0.6) is 5.75 Å². The molecule has 0 saturated heterocycles. The molecule has 3 N–H and O–H groups in total. The number of phenols is 1. The van der Waals surface area contributed by atoms with E-state index < -0.39 is 17.9 Å². The number of halogens is 1. The van der Waals surface area contributed by atoms with Crippen LogP contribution >= 0.6 is 0 Å². The number of aliphatic hydroxyl groups is 1. The molecule has 0 saturated carbocycles. The van der Waals surface area contributed by atoms with Gasteiger partial charge in [0.1, 0.15) is 11.6 Å². The van der Waals surface area contributed by atoms with Crippen molar-refractivity contribution in [2.24, 2.45) is 5.41 Å². The van der Waals surface area contributed by atoms with Crippen LogP contribution in [0.3, 0.4) is 0 Å². The number of carbonyl (C=O) groups is 1. The molecule has 4 nitrogen and oxygen atoms in total. The van der Waals surface area contributed by atoms with Crippen LogP contribution < -0.4 is 0 Å². The van der Waals surface area contributed by atoms with Gasteiger partial charge in [0, 0.05) is 18.6 Å². The Kier molecular flexibility index (Phi) is 7.21. The van der Waals surface area contributed by atoms with Crippen LogP contribution in [-0.2, 0) is 4.79 Å². The van der Waals surface area contributed by atoms with Crippen molar-refractivity contribution in [1.29, 1.82) is 0 Å². The maximum Gasteiger partial charge on any atom is 0.300 e. The molecular formula is C15H23FO4. The number of hydrogen-bond acceptors (Lipinski definition) is 3. The molecule has 0 aliphatic rings. The van der Waals surface area contributed by atoms with Crippen LogP contribution in [0.25, 0.3) is 0 Å². The summed E-state index contributed by atoms with van der Waals surface area (Å²) in [5, 5.41) is 26.8. The van der Waals surface area contributed by atoms with Crippen LogP contribution in [0.1, 0.15) is 52.2 Å². The van der Waals surface area contributed by atoms with Gasteiger partial charge in [0.15, 0.2) is 0 Å². The summed E-state index contributed by atoms with van der Waals surface area (Å²) in [6.45, 7) is 7.35. The van der Waals surface area contributed by atoms with Crippen molar-refractivity contribution in [2.45, 2.75) is 46.6 Å². The number of aliphatic carboxylic acids is 1. The average Bonchev–Trinajstić information content (AvgIpc) is 2.24. The molecule has 1 aromatic carbocycles. The molecule has 5 heteroatoms. The van der Waals surface area contributed by atoms with Gasteiger partial charge >= 0.3 is 0 Å². The first-order valence-corrected chi connectivity index (χ1v) is 6.39. The Hall–Kier alpha value is -1.62. The highest BCUT2D eigenvalue weighted by atomic mass is 19.1. The lowest BCUT2D eigenvalue weighted by atomic mass is 9.88. The quantitative estimate of drug-likeness (QED) is 0.795. The lowest BCUT2D eigenvalue weighted by Gasteiger charge is -2.20. The minimum atomic E-state index is -0.833. The van der Waals surface area contributed by atoms with E-state index in [-0.39, 0.29) is 11.2 Å². The van der Waals surface area contributed by atoms with Gasteiger partial charge in [-0.1, -0.05) is 20.8 Å². The first kappa shape index (κ1) is 18.4. The zero-order chi connectivity index (χ0) is 15.9. The van der Waals surface area contributed by atoms with Gasteiger partial charge in [-0.3, -0.25) is 4.79 Å². The number of aromatic hydroxyl groups is 1. The number of phenolic OH excluding ortho intramolecular Hbond substituents is 1. The van der Waals surface area contributed by atoms with E-state index in [1.54, 1.807) is 0 Å². The second kappa shape index (κ2) is 7.85. The van der Waals surface area contributed by atoms with E-state index in [0.29, 0.717) is 12.0 Å². The fourth-order valence-electron chi connectivity index (χ4n) is 1.52. The van der Waals surface area contributed by atoms with Gasteiger partial charge in [0.05, 0.1) is 6.10 Å². The van der Waals surface area contributed by atoms with Crippen LogP contribution in [0, 0.1) is 11.2 Å². The molecule has 0 aromatic heterocycles. The highest BCUT2D eigenvalue weighted by molar-refractivity contribution is 5.62. The van der Waals surface area contributed by atoms with Gasteiger partial charge in [0.2, 0.25) is 0 Å². The van der Waals surface area contributed by atoms with Crippen molar-refractivity contribution < 1.29 is 24.5 Å². The lowest BCUT2D eigenvalue weighted by Crippen LogP contribution is -2.08. The number of carboxylic acid groups (broad SMARTS) is 1. The molecule has 0 aliphatic carbocycles. The largest absolute Gasteiger partial charge is 0.507 e. The summed E-state index contributed by atoms with van der Waals surface area (Å²) in [7, 11) is 0.